The van der Waals surface area contributed by atoms with Crippen LogP contribution in [0.15, 0.2) is 54.2 Å². The number of hydrogen-bond acceptors (Lipinski definition) is 5. The van der Waals surface area contributed by atoms with Crippen LogP contribution in [0.4, 0.5) is 0 Å². The smallest absolute Gasteiger partial charge is 0.295 e. The van der Waals surface area contributed by atoms with Gasteiger partial charge in [-0.25, -0.2) is 0 Å². The number of aliphatic hydroxyl groups is 1. The van der Waals surface area contributed by atoms with E-state index in [-0.39, 0.29) is 17.4 Å². The number of aliphatic hydroxyl groups excluding tert-OH is 1. The molecule has 34 heavy (non-hydrogen) atoms. The number of fused-ring (bicyclic) bond motifs is 1. The first-order chi connectivity index (χ1) is 16.5. The van der Waals surface area contributed by atoms with Crippen molar-refractivity contribution < 1.29 is 24.2 Å². The molecule has 5 rings (SSSR count). The zero-order valence-corrected chi connectivity index (χ0v) is 19.3. The molecule has 2 N–H and O–H groups in total. The van der Waals surface area contributed by atoms with Gasteiger partial charge in [-0.2, -0.15) is 0 Å². The molecule has 1 amide bonds. The van der Waals surface area contributed by atoms with Gasteiger partial charge in [0, 0.05) is 28.7 Å². The molecular weight excluding hydrogens is 432 g/mol. The molecule has 7 heteroatoms. The Morgan fingerprint density at radius 2 is 1.79 bits per heavy atom. The number of amides is 1. The summed E-state index contributed by atoms with van der Waals surface area (Å²) in [6, 6.07) is 12.0. The van der Waals surface area contributed by atoms with Gasteiger partial charge in [0.25, 0.3) is 11.7 Å². The summed E-state index contributed by atoms with van der Waals surface area (Å²) in [5.74, 6) is -0.608. The number of H-pyrrole nitrogens is 1. The first-order valence-electron chi connectivity index (χ1n) is 11.6. The van der Waals surface area contributed by atoms with Gasteiger partial charge in [0.15, 0.2) is 0 Å². The number of rotatable bonds is 5. The number of aromatic amines is 1. The van der Waals surface area contributed by atoms with Gasteiger partial charge in [-0.15, -0.1) is 0 Å². The number of carbonyl (C=O) groups excluding carboxylic acids is 2. The normalized spacial score (nSPS) is 20.8. The average Bonchev–Trinajstić information content (AvgIpc) is 3.42. The van der Waals surface area contributed by atoms with Crippen molar-refractivity contribution in [2.45, 2.75) is 44.2 Å². The van der Waals surface area contributed by atoms with Crippen molar-refractivity contribution in [2.24, 2.45) is 0 Å². The van der Waals surface area contributed by atoms with Crippen LogP contribution in [0.1, 0.15) is 49.3 Å². The highest BCUT2D eigenvalue weighted by atomic mass is 16.5. The van der Waals surface area contributed by atoms with E-state index in [2.05, 4.69) is 4.98 Å². The van der Waals surface area contributed by atoms with Crippen LogP contribution in [0.3, 0.4) is 0 Å². The van der Waals surface area contributed by atoms with Crippen LogP contribution >= 0.6 is 0 Å². The van der Waals surface area contributed by atoms with Crippen molar-refractivity contribution in [3.8, 4) is 11.5 Å². The summed E-state index contributed by atoms with van der Waals surface area (Å²) in [6.07, 6.45) is 6.67. The first-order valence-corrected chi connectivity index (χ1v) is 11.6. The number of ether oxygens (including phenoxy) is 2. The first kappa shape index (κ1) is 22.1. The summed E-state index contributed by atoms with van der Waals surface area (Å²) in [5.41, 5.74) is 2.09. The monoisotopic (exact) mass is 460 g/mol. The van der Waals surface area contributed by atoms with E-state index in [9.17, 15) is 14.7 Å². The number of aromatic nitrogens is 1. The number of methoxy groups -OCH3 is 2. The van der Waals surface area contributed by atoms with Gasteiger partial charge >= 0.3 is 0 Å². The van der Waals surface area contributed by atoms with Gasteiger partial charge < -0.3 is 24.5 Å². The third-order valence-electron chi connectivity index (χ3n) is 7.03. The van der Waals surface area contributed by atoms with E-state index in [1.807, 2.05) is 30.5 Å². The standard InChI is InChI=1S/C27H28N2O5/c1-33-17-12-13-22(34-2)19(14-17)25(30)23-24(20-15-28-21-11-7-6-10-18(20)21)29(27(32)26(23)31)16-8-4-3-5-9-16/h6-7,10-16,24,28,30H,3-5,8-9H2,1-2H3/b25-23+. The molecular formula is C27H28N2O5. The predicted molar refractivity (Wildman–Crippen MR) is 129 cm³/mol. The van der Waals surface area contributed by atoms with E-state index >= 15 is 0 Å². The number of carbonyl (C=O) groups is 2. The van der Waals surface area contributed by atoms with Crippen molar-refractivity contribution in [2.75, 3.05) is 14.2 Å². The Morgan fingerprint density at radius 1 is 1.03 bits per heavy atom. The number of likely N-dealkylation sites (tertiary alicyclic amines) is 1. The zero-order valence-electron chi connectivity index (χ0n) is 19.3. The van der Waals surface area contributed by atoms with E-state index in [1.165, 1.54) is 14.2 Å². The second-order valence-electron chi connectivity index (χ2n) is 8.85. The molecule has 1 aromatic heterocycles. The van der Waals surface area contributed by atoms with Crippen LogP contribution in [-0.2, 0) is 9.59 Å². The van der Waals surface area contributed by atoms with Gasteiger partial charge in [0.2, 0.25) is 0 Å². The molecule has 176 valence electrons. The van der Waals surface area contributed by atoms with Crippen molar-refractivity contribution in [1.82, 2.24) is 9.88 Å². The van der Waals surface area contributed by atoms with Gasteiger partial charge in [0.05, 0.1) is 31.4 Å². The number of nitrogens with zero attached hydrogens (tertiary/aromatic N) is 1. The van der Waals surface area contributed by atoms with E-state index in [0.717, 1.165) is 48.6 Å². The molecule has 1 unspecified atom stereocenters. The topological polar surface area (TPSA) is 91.9 Å². The van der Waals surface area contributed by atoms with Crippen molar-refractivity contribution in [3.63, 3.8) is 0 Å². The third-order valence-corrected chi connectivity index (χ3v) is 7.03. The predicted octanol–water partition coefficient (Wildman–Crippen LogP) is 4.94. The third kappa shape index (κ3) is 3.52. The Kier molecular flexibility index (Phi) is 5.77. The Hall–Kier alpha value is -3.74. The Bertz CT molecular complexity index is 1290. The average molecular weight is 461 g/mol. The highest BCUT2D eigenvalue weighted by Gasteiger charge is 2.49. The van der Waals surface area contributed by atoms with Crippen molar-refractivity contribution in [3.05, 3.63) is 65.4 Å². The van der Waals surface area contributed by atoms with Crippen LogP contribution in [0.5, 0.6) is 11.5 Å². The van der Waals surface area contributed by atoms with Crippen molar-refractivity contribution in [1.29, 1.82) is 0 Å². The Morgan fingerprint density at radius 3 is 2.53 bits per heavy atom. The molecule has 0 radical (unpaired) electrons. The summed E-state index contributed by atoms with van der Waals surface area (Å²) in [5, 5.41) is 12.4. The zero-order chi connectivity index (χ0) is 23.8. The SMILES string of the molecule is COc1ccc(OC)c(/C(O)=C2\C(=O)C(=O)N(C3CCCCC3)C2c2c[nH]c3ccccc23)c1. The summed E-state index contributed by atoms with van der Waals surface area (Å²) in [4.78, 5) is 31.9. The lowest BCUT2D eigenvalue weighted by Gasteiger charge is -2.35. The van der Waals surface area contributed by atoms with E-state index < -0.39 is 17.7 Å². The highest BCUT2D eigenvalue weighted by Crippen LogP contribution is 2.46. The maximum absolute atomic E-state index is 13.5. The fraction of sp³-hybridized carbons (Fsp3) is 0.333. The number of nitrogens with one attached hydrogen (secondary N) is 1. The molecule has 2 aliphatic rings. The molecule has 1 aliphatic carbocycles. The summed E-state index contributed by atoms with van der Waals surface area (Å²) < 4.78 is 10.8. The fourth-order valence-corrected chi connectivity index (χ4v) is 5.36. The quantitative estimate of drug-likeness (QED) is 0.320. The second kappa shape index (κ2) is 8.89. The molecule has 0 spiro atoms. The lowest BCUT2D eigenvalue weighted by atomic mass is 9.90. The molecule has 1 saturated heterocycles. The maximum atomic E-state index is 13.5. The highest BCUT2D eigenvalue weighted by molar-refractivity contribution is 6.46. The van der Waals surface area contributed by atoms with Gasteiger partial charge in [-0.3, -0.25) is 9.59 Å². The lowest BCUT2D eigenvalue weighted by molar-refractivity contribution is -0.141. The van der Waals surface area contributed by atoms with Gasteiger partial charge in [-0.05, 0) is 37.1 Å². The molecule has 0 bridgehead atoms. The van der Waals surface area contributed by atoms with E-state index in [4.69, 9.17) is 9.47 Å². The number of para-hydroxylation sites is 1. The van der Waals surface area contributed by atoms with Gasteiger partial charge in [0.1, 0.15) is 17.3 Å². The summed E-state index contributed by atoms with van der Waals surface area (Å²) in [7, 11) is 3.02. The summed E-state index contributed by atoms with van der Waals surface area (Å²) >= 11 is 0. The maximum Gasteiger partial charge on any atom is 0.295 e. The number of ketones is 1. The van der Waals surface area contributed by atoms with Crippen LogP contribution in [0, 0.1) is 0 Å². The van der Waals surface area contributed by atoms with E-state index in [1.54, 1.807) is 23.1 Å². The summed E-state index contributed by atoms with van der Waals surface area (Å²) in [6.45, 7) is 0. The number of benzene rings is 2. The van der Waals surface area contributed by atoms with E-state index in [0.29, 0.717) is 17.1 Å². The largest absolute Gasteiger partial charge is 0.507 e. The van der Waals surface area contributed by atoms with Crippen molar-refractivity contribution >= 4 is 28.4 Å². The molecule has 1 atom stereocenters. The molecule has 3 aromatic rings. The fourth-order valence-electron chi connectivity index (χ4n) is 5.36. The number of Topliss-reactive ketones (excluding diaryl/α,β-unsaturated/α-hetero) is 1. The molecule has 1 saturated carbocycles. The van der Waals surface area contributed by atoms with Crippen LogP contribution in [0.2, 0.25) is 0 Å². The van der Waals surface area contributed by atoms with Crippen LogP contribution in [0.25, 0.3) is 16.7 Å². The van der Waals surface area contributed by atoms with Crippen LogP contribution in [-0.4, -0.2) is 46.9 Å². The molecule has 2 fully saturated rings. The van der Waals surface area contributed by atoms with Gasteiger partial charge in [-0.1, -0.05) is 37.5 Å². The Balaban J connectivity index is 1.75. The second-order valence-corrected chi connectivity index (χ2v) is 8.85. The molecule has 2 aromatic carbocycles. The molecule has 1 aliphatic heterocycles. The molecule has 2 heterocycles. The minimum absolute atomic E-state index is 0.0543. The minimum Gasteiger partial charge on any atom is -0.507 e. The molecule has 7 nitrogen and oxygen atoms in total. The minimum atomic E-state index is -0.699. The lowest BCUT2D eigenvalue weighted by Crippen LogP contribution is -2.40. The van der Waals surface area contributed by atoms with Crippen LogP contribution < -0.4 is 9.47 Å². The Labute approximate surface area is 198 Å². The number of hydrogen-bond donors (Lipinski definition) is 2.